The predicted molar refractivity (Wildman–Crippen MR) is 127 cm³/mol. The van der Waals surface area contributed by atoms with Crippen LogP contribution < -0.4 is 10.6 Å². The second-order valence-corrected chi connectivity index (χ2v) is 7.32. The lowest BCUT2D eigenvalue weighted by molar-refractivity contribution is -0.119. The van der Waals surface area contributed by atoms with E-state index in [1.165, 1.54) is 6.92 Å². The number of pyridine rings is 1. The quantitative estimate of drug-likeness (QED) is 0.426. The van der Waals surface area contributed by atoms with Gasteiger partial charge >= 0.3 is 5.97 Å². The zero-order chi connectivity index (χ0) is 23.2. The molecule has 1 aromatic heterocycles. The van der Waals surface area contributed by atoms with Crippen molar-refractivity contribution in [3.63, 3.8) is 0 Å². The molecule has 2 N–H and O–H groups in total. The molecule has 0 aliphatic heterocycles. The van der Waals surface area contributed by atoms with E-state index < -0.39 is 18.5 Å². The molecule has 0 bridgehead atoms. The van der Waals surface area contributed by atoms with Crippen molar-refractivity contribution in [2.45, 2.75) is 6.92 Å². The molecule has 33 heavy (non-hydrogen) atoms. The van der Waals surface area contributed by atoms with Crippen LogP contribution >= 0.6 is 0 Å². The van der Waals surface area contributed by atoms with Gasteiger partial charge in [0.25, 0.3) is 5.91 Å². The molecule has 1 heterocycles. The van der Waals surface area contributed by atoms with Crippen molar-refractivity contribution in [2.75, 3.05) is 17.2 Å². The molecular formula is C26H21N3O4. The summed E-state index contributed by atoms with van der Waals surface area (Å²) in [7, 11) is 0. The first-order valence-electron chi connectivity index (χ1n) is 10.3. The molecule has 2 amide bonds. The second kappa shape index (κ2) is 9.74. The van der Waals surface area contributed by atoms with Gasteiger partial charge in [0.05, 0.1) is 16.8 Å². The van der Waals surface area contributed by atoms with Gasteiger partial charge in [0.15, 0.2) is 6.61 Å². The fraction of sp³-hybridized carbons (Fsp3) is 0.0769. The summed E-state index contributed by atoms with van der Waals surface area (Å²) >= 11 is 0. The fourth-order valence-electron chi connectivity index (χ4n) is 3.35. The third-order valence-electron chi connectivity index (χ3n) is 4.83. The van der Waals surface area contributed by atoms with Gasteiger partial charge < -0.3 is 15.4 Å². The Morgan fingerprint density at radius 1 is 0.818 bits per heavy atom. The van der Waals surface area contributed by atoms with E-state index in [0.717, 1.165) is 5.56 Å². The van der Waals surface area contributed by atoms with Crippen LogP contribution in [0.15, 0.2) is 84.9 Å². The Morgan fingerprint density at radius 3 is 2.15 bits per heavy atom. The summed E-state index contributed by atoms with van der Waals surface area (Å²) in [6, 6.07) is 25.1. The van der Waals surface area contributed by atoms with E-state index in [0.29, 0.717) is 33.5 Å². The SMILES string of the molecule is CC(=O)Nc1ccc(NC(=O)COC(=O)c2cc(-c3ccccc3)nc3ccccc23)cc1. The number of rotatable bonds is 6. The number of anilines is 2. The number of benzene rings is 3. The third kappa shape index (κ3) is 5.40. The Labute approximate surface area is 190 Å². The normalized spacial score (nSPS) is 10.5. The lowest BCUT2D eigenvalue weighted by atomic mass is 10.0. The smallest absolute Gasteiger partial charge is 0.339 e. The van der Waals surface area contributed by atoms with Gasteiger partial charge in [-0.05, 0) is 36.4 Å². The van der Waals surface area contributed by atoms with E-state index in [2.05, 4.69) is 15.6 Å². The van der Waals surface area contributed by atoms with Gasteiger partial charge in [-0.15, -0.1) is 0 Å². The van der Waals surface area contributed by atoms with Crippen LogP contribution in [-0.4, -0.2) is 29.4 Å². The highest BCUT2D eigenvalue weighted by Crippen LogP contribution is 2.25. The molecule has 0 aliphatic carbocycles. The number of carbonyl (C=O) groups is 3. The van der Waals surface area contributed by atoms with Crippen LogP contribution in [0.4, 0.5) is 11.4 Å². The summed E-state index contributed by atoms with van der Waals surface area (Å²) in [5.41, 5.74) is 3.65. The van der Waals surface area contributed by atoms with Crippen LogP contribution in [0, 0.1) is 0 Å². The summed E-state index contributed by atoms with van der Waals surface area (Å²) in [5, 5.41) is 5.96. The van der Waals surface area contributed by atoms with Gasteiger partial charge in [-0.1, -0.05) is 48.5 Å². The highest BCUT2D eigenvalue weighted by molar-refractivity contribution is 6.05. The maximum absolute atomic E-state index is 12.9. The number of hydrogen-bond donors (Lipinski definition) is 2. The maximum atomic E-state index is 12.9. The number of para-hydroxylation sites is 1. The number of amides is 2. The minimum Gasteiger partial charge on any atom is -0.452 e. The standard InChI is InChI=1S/C26H21N3O4/c1-17(30)27-19-11-13-20(14-12-19)28-25(31)16-33-26(32)22-15-24(18-7-3-2-4-8-18)29-23-10-6-5-9-21(22)23/h2-15H,16H2,1H3,(H,27,30)(H,28,31). The van der Waals surface area contributed by atoms with Crippen LogP contribution in [0.5, 0.6) is 0 Å². The van der Waals surface area contributed by atoms with Gasteiger partial charge in [-0.3, -0.25) is 9.59 Å². The molecule has 164 valence electrons. The molecule has 0 unspecified atom stereocenters. The number of fused-ring (bicyclic) bond motifs is 1. The van der Waals surface area contributed by atoms with Gasteiger partial charge in [0.2, 0.25) is 5.91 Å². The Hall–Kier alpha value is -4.52. The topological polar surface area (TPSA) is 97.4 Å². The number of carbonyl (C=O) groups excluding carboxylic acids is 3. The molecular weight excluding hydrogens is 418 g/mol. The van der Waals surface area contributed by atoms with Gasteiger partial charge in [0.1, 0.15) is 0 Å². The molecule has 3 aromatic carbocycles. The monoisotopic (exact) mass is 439 g/mol. The summed E-state index contributed by atoms with van der Waals surface area (Å²) in [6.45, 7) is 0.975. The number of aromatic nitrogens is 1. The first kappa shape index (κ1) is 21.7. The molecule has 4 aromatic rings. The maximum Gasteiger partial charge on any atom is 0.339 e. The van der Waals surface area contributed by atoms with Crippen molar-refractivity contribution < 1.29 is 19.1 Å². The van der Waals surface area contributed by atoms with Gasteiger partial charge in [-0.2, -0.15) is 0 Å². The van der Waals surface area contributed by atoms with Crippen LogP contribution in [0.1, 0.15) is 17.3 Å². The summed E-state index contributed by atoms with van der Waals surface area (Å²) in [5.74, 6) is -1.27. The molecule has 0 atom stereocenters. The molecule has 0 aliphatic rings. The van der Waals surface area contributed by atoms with Crippen LogP contribution in [0.2, 0.25) is 0 Å². The van der Waals surface area contributed by atoms with Crippen LogP contribution in [0.25, 0.3) is 22.2 Å². The van der Waals surface area contributed by atoms with Crippen molar-refractivity contribution >= 4 is 40.1 Å². The number of nitrogens with one attached hydrogen (secondary N) is 2. The molecule has 0 fully saturated rings. The average Bonchev–Trinajstić information content (AvgIpc) is 2.83. The first-order chi connectivity index (χ1) is 16.0. The molecule has 7 heteroatoms. The number of esters is 1. The van der Waals surface area contributed by atoms with E-state index in [4.69, 9.17) is 4.74 Å². The molecule has 0 saturated heterocycles. The highest BCUT2D eigenvalue weighted by Gasteiger charge is 2.16. The predicted octanol–water partition coefficient (Wildman–Crippen LogP) is 4.66. The third-order valence-corrected chi connectivity index (χ3v) is 4.83. The average molecular weight is 439 g/mol. The minimum atomic E-state index is -0.609. The zero-order valence-corrected chi connectivity index (χ0v) is 17.9. The highest BCUT2D eigenvalue weighted by atomic mass is 16.5. The van der Waals surface area contributed by atoms with E-state index >= 15 is 0 Å². The van der Waals surface area contributed by atoms with Crippen LogP contribution in [0.3, 0.4) is 0 Å². The number of nitrogens with zero attached hydrogens (tertiary/aromatic N) is 1. The summed E-state index contributed by atoms with van der Waals surface area (Å²) in [6.07, 6.45) is 0. The van der Waals surface area contributed by atoms with Crippen molar-refractivity contribution in [1.82, 2.24) is 4.98 Å². The van der Waals surface area contributed by atoms with Crippen LogP contribution in [-0.2, 0) is 14.3 Å². The largest absolute Gasteiger partial charge is 0.452 e. The zero-order valence-electron chi connectivity index (χ0n) is 17.9. The van der Waals surface area contributed by atoms with Gasteiger partial charge in [-0.25, -0.2) is 9.78 Å². The van der Waals surface area contributed by atoms with E-state index in [-0.39, 0.29) is 5.91 Å². The first-order valence-corrected chi connectivity index (χ1v) is 10.3. The Bertz CT molecular complexity index is 1320. The molecule has 7 nitrogen and oxygen atoms in total. The van der Waals surface area contributed by atoms with E-state index in [1.54, 1.807) is 36.4 Å². The Balaban J connectivity index is 1.47. The Morgan fingerprint density at radius 2 is 1.45 bits per heavy atom. The lowest BCUT2D eigenvalue weighted by Crippen LogP contribution is -2.21. The van der Waals surface area contributed by atoms with Crippen molar-refractivity contribution in [3.8, 4) is 11.3 Å². The van der Waals surface area contributed by atoms with Gasteiger partial charge in [0, 0.05) is 29.2 Å². The molecule has 4 rings (SSSR count). The second-order valence-electron chi connectivity index (χ2n) is 7.32. The fourth-order valence-corrected chi connectivity index (χ4v) is 3.35. The van der Waals surface area contributed by atoms with Crippen molar-refractivity contribution in [1.29, 1.82) is 0 Å². The van der Waals surface area contributed by atoms with Crippen molar-refractivity contribution in [3.05, 3.63) is 90.5 Å². The summed E-state index contributed by atoms with van der Waals surface area (Å²) < 4.78 is 5.30. The number of ether oxygens (including phenoxy) is 1. The number of hydrogen-bond acceptors (Lipinski definition) is 5. The molecule has 0 radical (unpaired) electrons. The molecule has 0 saturated carbocycles. The van der Waals surface area contributed by atoms with E-state index in [1.807, 2.05) is 48.5 Å². The van der Waals surface area contributed by atoms with E-state index in [9.17, 15) is 14.4 Å². The Kier molecular flexibility index (Phi) is 6.40. The van der Waals surface area contributed by atoms with Crippen molar-refractivity contribution in [2.24, 2.45) is 0 Å². The molecule has 0 spiro atoms. The lowest BCUT2D eigenvalue weighted by Gasteiger charge is -2.11. The minimum absolute atomic E-state index is 0.183. The summed E-state index contributed by atoms with van der Waals surface area (Å²) in [4.78, 5) is 40.9.